The SMILES string of the molecule is COc1ccc(CN2CCC(N(c3cnc4ccccc4c3)N(c3cnc4ccccc4c3)C3CCN(Cc4ccc(OC)c(OC(C)C)c4)CC3)CC2)cc1OCCF. The van der Waals surface area contributed by atoms with Crippen LogP contribution in [-0.2, 0) is 13.1 Å². The predicted octanol–water partition coefficient (Wildman–Crippen LogP) is 9.49. The van der Waals surface area contributed by atoms with Gasteiger partial charge in [0.1, 0.15) is 13.3 Å². The topological polar surface area (TPSA) is 75.7 Å². The van der Waals surface area contributed by atoms with Gasteiger partial charge in [-0.05, 0) is 99.2 Å². The normalized spacial score (nSPS) is 15.7. The van der Waals surface area contributed by atoms with Gasteiger partial charge in [0.2, 0.25) is 0 Å². The third kappa shape index (κ3) is 9.53. The summed E-state index contributed by atoms with van der Waals surface area (Å²) < 4.78 is 35.9. The van der Waals surface area contributed by atoms with Gasteiger partial charge in [0, 0.05) is 50.0 Å². The smallest absolute Gasteiger partial charge is 0.161 e. The van der Waals surface area contributed by atoms with Gasteiger partial charge in [0.05, 0.1) is 67.2 Å². The predicted molar refractivity (Wildman–Crippen MR) is 238 cm³/mol. The molecule has 8 rings (SSSR count). The molecule has 2 fully saturated rings. The number of halogens is 1. The Morgan fingerprint density at radius 1 is 0.617 bits per heavy atom. The van der Waals surface area contributed by atoms with E-state index >= 15 is 0 Å². The summed E-state index contributed by atoms with van der Waals surface area (Å²) in [4.78, 5) is 15.1. The second-order valence-corrected chi connectivity index (χ2v) is 16.2. The number of hydrogen-bond donors (Lipinski definition) is 0. The molecule has 4 heterocycles. The van der Waals surface area contributed by atoms with Gasteiger partial charge in [-0.2, -0.15) is 0 Å². The van der Waals surface area contributed by atoms with E-state index in [1.54, 1.807) is 14.2 Å². The molecular formula is C49H57FN6O4. The number of methoxy groups -OCH3 is 2. The highest BCUT2D eigenvalue weighted by Gasteiger charge is 2.36. The van der Waals surface area contributed by atoms with Crippen LogP contribution in [0, 0.1) is 0 Å². The molecule has 0 unspecified atom stereocenters. The average Bonchev–Trinajstić information content (AvgIpc) is 3.28. The standard InChI is InChI=1S/C49H57FN6O4/c1-35(2)60-49-28-37(14-16-47(49)58-4)34-54-24-19-41(20-25-54)56(43-30-39-10-6-8-12-45(39)52-32-43)55(42-29-38-9-5-7-11-44(38)51-31-42)40-17-22-53(23-18-40)33-36-13-15-46(57-3)48(27-36)59-26-21-50/h5-16,27-32,35,40-41H,17-26,33-34H2,1-4H3. The van der Waals surface area contributed by atoms with Crippen LogP contribution < -0.4 is 29.0 Å². The molecule has 0 aliphatic carbocycles. The molecule has 2 aromatic heterocycles. The van der Waals surface area contributed by atoms with Gasteiger partial charge in [0.25, 0.3) is 0 Å². The summed E-state index contributed by atoms with van der Waals surface area (Å²) in [5.74, 6) is 2.74. The number of anilines is 2. The zero-order chi connectivity index (χ0) is 41.4. The van der Waals surface area contributed by atoms with Crippen LogP contribution in [0.2, 0.25) is 0 Å². The highest BCUT2D eigenvalue weighted by Crippen LogP contribution is 2.37. The van der Waals surface area contributed by atoms with Crippen molar-refractivity contribution in [1.82, 2.24) is 19.8 Å². The minimum atomic E-state index is -0.547. The van der Waals surface area contributed by atoms with Gasteiger partial charge < -0.3 is 18.9 Å². The Morgan fingerprint density at radius 2 is 1.08 bits per heavy atom. The first-order chi connectivity index (χ1) is 29.4. The van der Waals surface area contributed by atoms with Crippen LogP contribution >= 0.6 is 0 Å². The summed E-state index contributed by atoms with van der Waals surface area (Å²) in [5.41, 5.74) is 6.48. The van der Waals surface area contributed by atoms with Crippen LogP contribution in [0.15, 0.2) is 109 Å². The summed E-state index contributed by atoms with van der Waals surface area (Å²) in [6, 6.07) is 34.1. The van der Waals surface area contributed by atoms with Crippen molar-refractivity contribution in [3.8, 4) is 23.0 Å². The maximum atomic E-state index is 13.0. The number of likely N-dealkylation sites (tertiary alicyclic amines) is 2. The maximum absolute atomic E-state index is 13.0. The molecule has 0 atom stereocenters. The van der Waals surface area contributed by atoms with Gasteiger partial charge in [-0.1, -0.05) is 48.5 Å². The first kappa shape index (κ1) is 41.1. The lowest BCUT2D eigenvalue weighted by Gasteiger charge is -2.50. The number of ether oxygens (including phenoxy) is 4. The monoisotopic (exact) mass is 812 g/mol. The van der Waals surface area contributed by atoms with Gasteiger partial charge >= 0.3 is 0 Å². The number of benzene rings is 4. The maximum Gasteiger partial charge on any atom is 0.161 e. The lowest BCUT2D eigenvalue weighted by molar-refractivity contribution is 0.183. The van der Waals surface area contributed by atoms with Crippen LogP contribution in [0.4, 0.5) is 15.8 Å². The Morgan fingerprint density at radius 3 is 1.55 bits per heavy atom. The average molecular weight is 813 g/mol. The van der Waals surface area contributed by atoms with Crippen molar-refractivity contribution in [2.24, 2.45) is 0 Å². The quantitative estimate of drug-likeness (QED) is 0.0883. The summed E-state index contributed by atoms with van der Waals surface area (Å²) in [6.45, 7) is 8.90. The second kappa shape index (κ2) is 19.2. The molecule has 0 saturated carbocycles. The molecule has 11 heteroatoms. The number of aromatic nitrogens is 2. The Bertz CT molecular complexity index is 2350. The Hall–Kier alpha value is -5.65. The van der Waals surface area contributed by atoms with E-state index in [9.17, 15) is 4.39 Å². The molecular weight excluding hydrogens is 756 g/mol. The van der Waals surface area contributed by atoms with Crippen molar-refractivity contribution in [3.63, 3.8) is 0 Å². The molecule has 0 bridgehead atoms. The Kier molecular flexibility index (Phi) is 13.1. The van der Waals surface area contributed by atoms with Crippen molar-refractivity contribution in [3.05, 3.63) is 121 Å². The summed E-state index contributed by atoms with van der Waals surface area (Å²) in [6.07, 6.45) is 8.07. The van der Waals surface area contributed by atoms with E-state index in [1.807, 2.05) is 44.2 Å². The zero-order valence-electron chi connectivity index (χ0n) is 35.3. The molecule has 60 heavy (non-hydrogen) atoms. The number of alkyl halides is 1. The molecule has 4 aromatic carbocycles. The van der Waals surface area contributed by atoms with Crippen molar-refractivity contribution in [2.45, 2.75) is 70.8 Å². The van der Waals surface area contributed by atoms with Crippen LogP contribution in [0.25, 0.3) is 21.8 Å². The van der Waals surface area contributed by atoms with Crippen molar-refractivity contribution < 1.29 is 23.3 Å². The largest absolute Gasteiger partial charge is 0.493 e. The van der Waals surface area contributed by atoms with E-state index in [1.165, 1.54) is 5.56 Å². The van der Waals surface area contributed by atoms with E-state index in [2.05, 4.69) is 98.9 Å². The summed E-state index contributed by atoms with van der Waals surface area (Å²) >= 11 is 0. The highest BCUT2D eigenvalue weighted by molar-refractivity contribution is 5.84. The summed E-state index contributed by atoms with van der Waals surface area (Å²) in [5, 5.41) is 7.38. The Balaban J connectivity index is 1.08. The second-order valence-electron chi connectivity index (χ2n) is 16.2. The molecule has 0 radical (unpaired) electrons. The first-order valence-electron chi connectivity index (χ1n) is 21.3. The molecule has 2 aliphatic rings. The highest BCUT2D eigenvalue weighted by atomic mass is 19.1. The fourth-order valence-corrected chi connectivity index (χ4v) is 8.80. The van der Waals surface area contributed by atoms with Crippen molar-refractivity contribution in [2.75, 3.05) is 63.7 Å². The number of rotatable bonds is 16. The van der Waals surface area contributed by atoms with Crippen LogP contribution in [0.5, 0.6) is 23.0 Å². The minimum absolute atomic E-state index is 0.00427. The zero-order valence-corrected chi connectivity index (χ0v) is 35.3. The van der Waals surface area contributed by atoms with Gasteiger partial charge in [-0.15, -0.1) is 0 Å². The van der Waals surface area contributed by atoms with Crippen molar-refractivity contribution >= 4 is 33.2 Å². The lowest BCUT2D eigenvalue weighted by atomic mass is 9.99. The van der Waals surface area contributed by atoms with E-state index in [4.69, 9.17) is 28.9 Å². The van der Waals surface area contributed by atoms with E-state index in [0.717, 1.165) is 115 Å². The fraction of sp³-hybridized carbons (Fsp3) is 0.388. The number of pyridine rings is 2. The number of nitrogens with zero attached hydrogens (tertiary/aromatic N) is 6. The van der Waals surface area contributed by atoms with Gasteiger partial charge in [-0.25, -0.2) is 4.39 Å². The first-order valence-corrected chi connectivity index (χ1v) is 21.3. The minimum Gasteiger partial charge on any atom is -0.493 e. The molecule has 2 aliphatic heterocycles. The number of fused-ring (bicyclic) bond motifs is 2. The third-order valence-corrected chi connectivity index (χ3v) is 11.7. The molecule has 0 N–H and O–H groups in total. The van der Waals surface area contributed by atoms with Crippen LogP contribution in [0.3, 0.4) is 0 Å². The molecule has 0 amide bonds. The number of hydrogen-bond acceptors (Lipinski definition) is 10. The summed E-state index contributed by atoms with van der Waals surface area (Å²) in [7, 11) is 3.30. The van der Waals surface area contributed by atoms with Gasteiger partial charge in [0.15, 0.2) is 23.0 Å². The van der Waals surface area contributed by atoms with Crippen LogP contribution in [-0.4, -0.2) is 91.6 Å². The number of piperidine rings is 2. The van der Waals surface area contributed by atoms with Gasteiger partial charge in [-0.3, -0.25) is 29.8 Å². The molecule has 0 spiro atoms. The van der Waals surface area contributed by atoms with Crippen molar-refractivity contribution in [1.29, 1.82) is 0 Å². The third-order valence-electron chi connectivity index (χ3n) is 11.7. The van der Waals surface area contributed by atoms with E-state index < -0.39 is 6.67 Å². The molecule has 6 aromatic rings. The van der Waals surface area contributed by atoms with Crippen LogP contribution in [0.1, 0.15) is 50.7 Å². The number of hydrazine groups is 1. The van der Waals surface area contributed by atoms with E-state index in [-0.39, 0.29) is 24.8 Å². The molecule has 2 saturated heterocycles. The van der Waals surface area contributed by atoms with E-state index in [0.29, 0.717) is 11.5 Å². The number of para-hydroxylation sites is 2. The fourth-order valence-electron chi connectivity index (χ4n) is 8.80. The Labute approximate surface area is 353 Å². The molecule has 314 valence electrons. The molecule has 10 nitrogen and oxygen atoms in total. The lowest BCUT2D eigenvalue weighted by Crippen LogP contribution is -2.59.